The van der Waals surface area contributed by atoms with E-state index < -0.39 is 23.6 Å². The number of ether oxygens (including phenoxy) is 1. The second-order valence-corrected chi connectivity index (χ2v) is 8.71. The van der Waals surface area contributed by atoms with Crippen molar-refractivity contribution in [3.8, 4) is 0 Å². The van der Waals surface area contributed by atoms with Crippen LogP contribution in [-0.4, -0.2) is 18.9 Å². The van der Waals surface area contributed by atoms with E-state index >= 15 is 0 Å². The average Bonchev–Trinajstić information content (AvgIpc) is 2.78. The lowest BCUT2D eigenvalue weighted by Crippen LogP contribution is -2.41. The van der Waals surface area contributed by atoms with Gasteiger partial charge < -0.3 is 10.5 Å². The molecule has 0 saturated heterocycles. The van der Waals surface area contributed by atoms with Gasteiger partial charge in [0, 0.05) is 27.9 Å². The lowest BCUT2D eigenvalue weighted by molar-refractivity contribution is -0.138. The molecule has 0 spiro atoms. The van der Waals surface area contributed by atoms with Crippen molar-refractivity contribution < 1.29 is 27.5 Å². The van der Waals surface area contributed by atoms with Crippen LogP contribution in [-0.2, 0) is 20.5 Å². The van der Waals surface area contributed by atoms with Crippen molar-refractivity contribution in [2.45, 2.75) is 31.4 Å². The van der Waals surface area contributed by atoms with Crippen molar-refractivity contribution >= 4 is 33.4 Å². The third-order valence-electron chi connectivity index (χ3n) is 5.83. The largest absolute Gasteiger partial charge is 0.466 e. The van der Waals surface area contributed by atoms with Crippen molar-refractivity contribution in [1.29, 1.82) is 0 Å². The van der Waals surface area contributed by atoms with Gasteiger partial charge in [0.15, 0.2) is 5.78 Å². The number of rotatable bonds is 3. The predicted octanol–water partition coefficient (Wildman–Crippen LogP) is 5.42. The van der Waals surface area contributed by atoms with Crippen LogP contribution in [0, 0.1) is 0 Å². The summed E-state index contributed by atoms with van der Waals surface area (Å²) in [4.78, 5) is 27.5. The summed E-state index contributed by atoms with van der Waals surface area (Å²) >= 11 is 3.38. The normalized spacial score (nSPS) is 19.0. The first-order valence-electron chi connectivity index (χ1n) is 10.2. The van der Waals surface area contributed by atoms with Crippen LogP contribution in [0.4, 0.5) is 18.9 Å². The second-order valence-electron chi connectivity index (χ2n) is 7.80. The molecule has 0 radical (unpaired) electrons. The van der Waals surface area contributed by atoms with Crippen LogP contribution in [0.25, 0.3) is 0 Å². The zero-order valence-electron chi connectivity index (χ0n) is 17.6. The summed E-state index contributed by atoms with van der Waals surface area (Å²) in [6, 6.07) is 11.8. The minimum atomic E-state index is -4.56. The summed E-state index contributed by atoms with van der Waals surface area (Å²) in [7, 11) is 1.20. The van der Waals surface area contributed by atoms with Crippen LogP contribution in [0.5, 0.6) is 0 Å². The van der Waals surface area contributed by atoms with Crippen LogP contribution < -0.4 is 10.6 Å². The van der Waals surface area contributed by atoms with E-state index in [0.717, 1.165) is 16.6 Å². The molecule has 1 atom stereocenters. The molecule has 2 aromatic rings. The van der Waals surface area contributed by atoms with Crippen LogP contribution >= 0.6 is 15.9 Å². The van der Waals surface area contributed by atoms with Crippen molar-refractivity contribution in [2.24, 2.45) is 5.73 Å². The molecule has 2 N–H and O–H groups in total. The molecule has 172 valence electrons. The van der Waals surface area contributed by atoms with E-state index in [-0.39, 0.29) is 29.3 Å². The van der Waals surface area contributed by atoms with Gasteiger partial charge >= 0.3 is 12.1 Å². The Morgan fingerprint density at radius 3 is 2.48 bits per heavy atom. The molecule has 0 saturated carbocycles. The molecule has 1 aliphatic heterocycles. The quantitative estimate of drug-likeness (QED) is 0.547. The molecule has 5 nitrogen and oxygen atoms in total. The fourth-order valence-electron chi connectivity index (χ4n) is 4.40. The van der Waals surface area contributed by atoms with E-state index in [4.69, 9.17) is 10.5 Å². The van der Waals surface area contributed by atoms with Crippen LogP contribution in [0.2, 0.25) is 0 Å². The van der Waals surface area contributed by atoms with Crippen molar-refractivity contribution in [1.82, 2.24) is 0 Å². The molecule has 0 amide bonds. The number of anilines is 1. The van der Waals surface area contributed by atoms with Gasteiger partial charge in [-0.05, 0) is 48.7 Å². The third-order valence-corrected chi connectivity index (χ3v) is 6.36. The number of halogens is 4. The predicted molar refractivity (Wildman–Crippen MR) is 120 cm³/mol. The monoisotopic (exact) mass is 520 g/mol. The molecule has 0 fully saturated rings. The molecular weight excluding hydrogens is 501 g/mol. The number of benzene rings is 2. The van der Waals surface area contributed by atoms with Crippen LogP contribution in [0.1, 0.15) is 36.3 Å². The standard InChI is InChI=1S/C24H20BrF3N2O3/c1-33-23(32)21-19(13-8-10-15(25)11-9-13)20-17(6-3-7-18(20)31)30(22(21)29)16-5-2-4-14(12-16)24(26,27)28/h2,4-5,8-12,19H,3,6-7,29H2,1H3/t19-/m1/s1. The van der Waals surface area contributed by atoms with Gasteiger partial charge in [-0.15, -0.1) is 0 Å². The van der Waals surface area contributed by atoms with E-state index in [1.165, 1.54) is 24.1 Å². The molecule has 0 bridgehead atoms. The fraction of sp³-hybridized carbons (Fsp3) is 0.250. The number of nitrogens with two attached hydrogens (primary N) is 1. The highest BCUT2D eigenvalue weighted by atomic mass is 79.9. The van der Waals surface area contributed by atoms with E-state index in [1.54, 1.807) is 24.3 Å². The number of nitrogens with zero attached hydrogens (tertiary/aromatic N) is 1. The number of hydrogen-bond acceptors (Lipinski definition) is 5. The molecule has 4 rings (SSSR count). The van der Waals surface area contributed by atoms with Gasteiger partial charge in [0.2, 0.25) is 0 Å². The number of esters is 1. The minimum absolute atomic E-state index is 0.0197. The minimum Gasteiger partial charge on any atom is -0.466 e. The van der Waals surface area contributed by atoms with E-state index in [0.29, 0.717) is 29.7 Å². The molecular formula is C24H20BrF3N2O3. The summed E-state index contributed by atoms with van der Waals surface area (Å²) in [5.41, 5.74) is 7.28. The van der Waals surface area contributed by atoms with Crippen molar-refractivity contribution in [2.75, 3.05) is 12.0 Å². The Morgan fingerprint density at radius 1 is 1.15 bits per heavy atom. The number of carbonyl (C=O) groups excluding carboxylic acids is 2. The topological polar surface area (TPSA) is 72.6 Å². The Bertz CT molecular complexity index is 1190. The third kappa shape index (κ3) is 4.17. The average molecular weight is 521 g/mol. The number of methoxy groups -OCH3 is 1. The maximum Gasteiger partial charge on any atom is 0.416 e. The molecule has 1 aliphatic carbocycles. The molecule has 2 aromatic carbocycles. The number of ketones is 1. The fourth-order valence-corrected chi connectivity index (χ4v) is 4.67. The van der Waals surface area contributed by atoms with Gasteiger partial charge in [0.1, 0.15) is 5.82 Å². The maximum absolute atomic E-state index is 13.4. The maximum atomic E-state index is 13.4. The van der Waals surface area contributed by atoms with Crippen molar-refractivity contribution in [3.05, 3.63) is 86.8 Å². The summed E-state index contributed by atoms with van der Waals surface area (Å²) in [5.74, 6) is -1.75. The number of hydrogen-bond donors (Lipinski definition) is 1. The smallest absolute Gasteiger partial charge is 0.416 e. The van der Waals surface area contributed by atoms with Gasteiger partial charge in [-0.2, -0.15) is 13.2 Å². The Balaban J connectivity index is 1.99. The molecule has 1 heterocycles. The van der Waals surface area contributed by atoms with Gasteiger partial charge in [-0.3, -0.25) is 9.69 Å². The highest BCUT2D eigenvalue weighted by Gasteiger charge is 2.43. The van der Waals surface area contributed by atoms with E-state index in [1.807, 2.05) is 0 Å². The first-order valence-corrected chi connectivity index (χ1v) is 11.0. The Kier molecular flexibility index (Phi) is 6.09. The Hall–Kier alpha value is -3.07. The molecule has 0 aromatic heterocycles. The molecule has 9 heteroatoms. The van der Waals surface area contributed by atoms with E-state index in [9.17, 15) is 22.8 Å². The molecule has 33 heavy (non-hydrogen) atoms. The zero-order chi connectivity index (χ0) is 23.9. The summed E-state index contributed by atoms with van der Waals surface area (Å²) in [6.45, 7) is 0. The van der Waals surface area contributed by atoms with Crippen LogP contribution in [0.15, 0.2) is 75.7 Å². The summed E-state index contributed by atoms with van der Waals surface area (Å²) < 4.78 is 46.0. The molecule has 0 unspecified atom stereocenters. The summed E-state index contributed by atoms with van der Waals surface area (Å²) in [5, 5.41) is 0. The highest BCUT2D eigenvalue weighted by Crippen LogP contribution is 2.47. The number of Topliss-reactive ketones (excluding diaryl/α,β-unsaturated/α-hetero) is 1. The highest BCUT2D eigenvalue weighted by molar-refractivity contribution is 9.10. The lowest BCUT2D eigenvalue weighted by Gasteiger charge is -2.40. The van der Waals surface area contributed by atoms with Gasteiger partial charge in [0.25, 0.3) is 0 Å². The second kappa shape index (κ2) is 8.70. The lowest BCUT2D eigenvalue weighted by atomic mass is 9.75. The van der Waals surface area contributed by atoms with Crippen LogP contribution in [0.3, 0.4) is 0 Å². The first kappa shape index (κ1) is 23.1. The van der Waals surface area contributed by atoms with Crippen molar-refractivity contribution in [3.63, 3.8) is 0 Å². The summed E-state index contributed by atoms with van der Waals surface area (Å²) in [6.07, 6.45) is -3.33. The SMILES string of the molecule is COC(=O)C1=C(N)N(c2cccc(C(F)(F)F)c2)C2=C(C(=O)CCC2)[C@H]1c1ccc(Br)cc1. The molecule has 2 aliphatic rings. The number of allylic oxidation sites excluding steroid dienone is 2. The van der Waals surface area contributed by atoms with E-state index in [2.05, 4.69) is 15.9 Å². The Labute approximate surface area is 196 Å². The number of alkyl halides is 3. The zero-order valence-corrected chi connectivity index (χ0v) is 19.2. The van der Waals surface area contributed by atoms with Gasteiger partial charge in [0.05, 0.1) is 24.2 Å². The van der Waals surface area contributed by atoms with Gasteiger partial charge in [-0.1, -0.05) is 34.1 Å². The van der Waals surface area contributed by atoms with Gasteiger partial charge in [-0.25, -0.2) is 4.79 Å². The number of carbonyl (C=O) groups is 2. The first-order chi connectivity index (χ1) is 15.6. The Morgan fingerprint density at radius 2 is 1.85 bits per heavy atom.